The van der Waals surface area contributed by atoms with Crippen molar-refractivity contribution < 1.29 is 9.90 Å². The number of anilines is 1. The summed E-state index contributed by atoms with van der Waals surface area (Å²) in [4.78, 5) is 16.9. The van der Waals surface area contributed by atoms with Gasteiger partial charge in [-0.05, 0) is 25.3 Å². The number of aliphatic hydroxyl groups excluding tert-OH is 1. The number of hydrogen-bond donors (Lipinski definition) is 3. The first-order valence-corrected chi connectivity index (χ1v) is 10.3. The number of carbonyl (C=O) groups excluding carboxylic acids is 1. The first kappa shape index (κ1) is 20.0. The van der Waals surface area contributed by atoms with Crippen LogP contribution in [0.25, 0.3) is 11.3 Å². The minimum absolute atomic E-state index is 0.220. The third-order valence-corrected chi connectivity index (χ3v) is 5.21. The van der Waals surface area contributed by atoms with Gasteiger partial charge in [-0.25, -0.2) is 4.98 Å². The second-order valence-electron chi connectivity index (χ2n) is 6.66. The molecule has 1 atom stereocenters. The second-order valence-corrected chi connectivity index (χ2v) is 7.52. The van der Waals surface area contributed by atoms with Crippen molar-refractivity contribution in [2.75, 3.05) is 18.5 Å². The van der Waals surface area contributed by atoms with Gasteiger partial charge in [0.1, 0.15) is 6.04 Å². The molecule has 146 valence electrons. The van der Waals surface area contributed by atoms with Crippen molar-refractivity contribution in [3.63, 3.8) is 0 Å². The molecule has 6 heteroatoms. The molecule has 0 fully saturated rings. The Morgan fingerprint density at radius 3 is 2.61 bits per heavy atom. The van der Waals surface area contributed by atoms with Crippen molar-refractivity contribution in [2.24, 2.45) is 0 Å². The maximum Gasteiger partial charge on any atom is 0.244 e. The van der Waals surface area contributed by atoms with Crippen LogP contribution in [0.4, 0.5) is 5.13 Å². The van der Waals surface area contributed by atoms with Crippen molar-refractivity contribution in [3.05, 3.63) is 71.1 Å². The predicted octanol–water partition coefficient (Wildman–Crippen LogP) is 3.64. The van der Waals surface area contributed by atoms with Crippen molar-refractivity contribution in [1.29, 1.82) is 0 Å². The molecule has 5 nitrogen and oxygen atoms in total. The summed E-state index contributed by atoms with van der Waals surface area (Å²) in [6.45, 7) is 2.32. The fourth-order valence-corrected chi connectivity index (χ4v) is 3.59. The van der Waals surface area contributed by atoms with E-state index in [0.29, 0.717) is 11.7 Å². The number of amides is 1. The van der Waals surface area contributed by atoms with Gasteiger partial charge < -0.3 is 15.7 Å². The molecule has 0 saturated carbocycles. The number of aliphatic hydroxyl groups is 1. The first-order valence-electron chi connectivity index (χ1n) is 9.37. The van der Waals surface area contributed by atoms with Crippen LogP contribution in [0, 0.1) is 6.92 Å². The summed E-state index contributed by atoms with van der Waals surface area (Å²) < 4.78 is 0. The van der Waals surface area contributed by atoms with Gasteiger partial charge in [0.15, 0.2) is 5.13 Å². The van der Waals surface area contributed by atoms with Crippen LogP contribution in [0.15, 0.2) is 60.0 Å². The van der Waals surface area contributed by atoms with Crippen molar-refractivity contribution in [1.82, 2.24) is 10.3 Å². The number of aromatic nitrogens is 1. The van der Waals surface area contributed by atoms with E-state index in [1.807, 2.05) is 54.8 Å². The Labute approximate surface area is 169 Å². The highest BCUT2D eigenvalue weighted by atomic mass is 32.1. The molecule has 28 heavy (non-hydrogen) atoms. The minimum atomic E-state index is -0.714. The fourth-order valence-electron chi connectivity index (χ4n) is 2.81. The third kappa shape index (κ3) is 5.65. The van der Waals surface area contributed by atoms with Crippen LogP contribution in [0.5, 0.6) is 0 Å². The molecule has 0 spiro atoms. The lowest BCUT2D eigenvalue weighted by Crippen LogP contribution is -2.42. The summed E-state index contributed by atoms with van der Waals surface area (Å²) in [6.07, 6.45) is 1.76. The van der Waals surface area contributed by atoms with E-state index in [9.17, 15) is 9.90 Å². The van der Waals surface area contributed by atoms with Gasteiger partial charge in [-0.2, -0.15) is 0 Å². The lowest BCUT2D eigenvalue weighted by atomic mass is 10.1. The summed E-state index contributed by atoms with van der Waals surface area (Å²) in [5, 5.41) is 18.1. The highest BCUT2D eigenvalue weighted by Crippen LogP contribution is 2.25. The van der Waals surface area contributed by atoms with Gasteiger partial charge in [-0.3, -0.25) is 4.79 Å². The number of rotatable bonds is 9. The highest BCUT2D eigenvalue weighted by molar-refractivity contribution is 7.14. The van der Waals surface area contributed by atoms with E-state index < -0.39 is 6.04 Å². The zero-order chi connectivity index (χ0) is 19.8. The van der Waals surface area contributed by atoms with Crippen LogP contribution < -0.4 is 10.6 Å². The molecular formula is C22H25N3O2S. The Hall–Kier alpha value is -2.70. The zero-order valence-corrected chi connectivity index (χ0v) is 16.7. The molecule has 3 aromatic rings. The highest BCUT2D eigenvalue weighted by Gasteiger charge is 2.18. The molecule has 0 aliphatic carbocycles. The largest absolute Gasteiger partial charge is 0.394 e. The zero-order valence-electron chi connectivity index (χ0n) is 15.9. The lowest BCUT2D eigenvalue weighted by molar-refractivity contribution is -0.122. The van der Waals surface area contributed by atoms with E-state index in [2.05, 4.69) is 27.8 Å². The van der Waals surface area contributed by atoms with E-state index in [1.165, 1.54) is 22.5 Å². The van der Waals surface area contributed by atoms with Crippen LogP contribution in [0.3, 0.4) is 0 Å². The molecule has 1 amide bonds. The number of thiazole rings is 1. The SMILES string of the molecule is Cc1ccc(-c2csc(N[C@@H](CO)C(=O)NCCCc3ccccc3)n2)cc1. The Bertz CT molecular complexity index is 878. The fraction of sp³-hybridized carbons (Fsp3) is 0.273. The third-order valence-electron chi connectivity index (χ3n) is 4.43. The average molecular weight is 396 g/mol. The Morgan fingerprint density at radius 1 is 1.14 bits per heavy atom. The predicted molar refractivity (Wildman–Crippen MR) is 115 cm³/mol. The van der Waals surface area contributed by atoms with E-state index >= 15 is 0 Å². The summed E-state index contributed by atoms with van der Waals surface area (Å²) in [6, 6.07) is 17.6. The van der Waals surface area contributed by atoms with Crippen LogP contribution in [0.2, 0.25) is 0 Å². The molecule has 0 aliphatic heterocycles. The van der Waals surface area contributed by atoms with E-state index in [1.54, 1.807) is 0 Å². The summed E-state index contributed by atoms with van der Waals surface area (Å²) >= 11 is 1.42. The maximum absolute atomic E-state index is 12.3. The van der Waals surface area contributed by atoms with Gasteiger partial charge in [0.05, 0.1) is 12.3 Å². The number of benzene rings is 2. The second kappa shape index (κ2) is 10.0. The van der Waals surface area contributed by atoms with Gasteiger partial charge in [0.25, 0.3) is 0 Å². The molecule has 0 unspecified atom stereocenters. The summed E-state index contributed by atoms with van der Waals surface area (Å²) in [5.41, 5.74) is 4.33. The molecule has 1 aromatic heterocycles. The lowest BCUT2D eigenvalue weighted by Gasteiger charge is -2.15. The Kier molecular flexibility index (Phi) is 7.17. The molecule has 0 saturated heterocycles. The number of carbonyl (C=O) groups is 1. The Balaban J connectivity index is 1.49. The van der Waals surface area contributed by atoms with Crippen molar-refractivity contribution in [2.45, 2.75) is 25.8 Å². The molecule has 3 rings (SSSR count). The van der Waals surface area contributed by atoms with Crippen molar-refractivity contribution in [3.8, 4) is 11.3 Å². The summed E-state index contributed by atoms with van der Waals surface area (Å²) in [5.74, 6) is -0.220. The molecule has 0 aliphatic rings. The number of aryl methyl sites for hydroxylation is 2. The molecular weight excluding hydrogens is 370 g/mol. The van der Waals surface area contributed by atoms with Crippen LogP contribution in [-0.2, 0) is 11.2 Å². The molecule has 0 radical (unpaired) electrons. The number of nitrogens with one attached hydrogen (secondary N) is 2. The standard InChI is InChI=1S/C22H25N3O2S/c1-16-9-11-18(12-10-16)20-15-28-22(25-20)24-19(14-26)21(27)23-13-5-8-17-6-3-2-4-7-17/h2-4,6-7,9-12,15,19,26H,5,8,13-14H2,1H3,(H,23,27)(H,24,25)/t19-/m0/s1. The van der Waals surface area contributed by atoms with Crippen LogP contribution >= 0.6 is 11.3 Å². The number of nitrogens with zero attached hydrogens (tertiary/aromatic N) is 1. The first-order chi connectivity index (χ1) is 13.7. The average Bonchev–Trinajstić information content (AvgIpc) is 3.19. The minimum Gasteiger partial charge on any atom is -0.394 e. The van der Waals surface area contributed by atoms with Gasteiger partial charge in [-0.15, -0.1) is 11.3 Å². The monoisotopic (exact) mass is 395 g/mol. The van der Waals surface area contributed by atoms with Crippen LogP contribution in [0.1, 0.15) is 17.5 Å². The van der Waals surface area contributed by atoms with Crippen LogP contribution in [-0.4, -0.2) is 35.2 Å². The molecule has 3 N–H and O–H groups in total. The normalized spacial score (nSPS) is 11.8. The topological polar surface area (TPSA) is 74.2 Å². The van der Waals surface area contributed by atoms with Gasteiger partial charge in [-0.1, -0.05) is 60.2 Å². The summed E-state index contributed by atoms with van der Waals surface area (Å²) in [7, 11) is 0. The molecule has 0 bridgehead atoms. The quantitative estimate of drug-likeness (QED) is 0.484. The van der Waals surface area contributed by atoms with Crippen molar-refractivity contribution >= 4 is 22.4 Å². The van der Waals surface area contributed by atoms with Gasteiger partial charge in [0.2, 0.25) is 5.91 Å². The maximum atomic E-state index is 12.3. The molecule has 2 aromatic carbocycles. The smallest absolute Gasteiger partial charge is 0.244 e. The van der Waals surface area contributed by atoms with Gasteiger partial charge in [0, 0.05) is 17.5 Å². The molecule has 1 heterocycles. The van der Waals surface area contributed by atoms with E-state index in [-0.39, 0.29) is 12.5 Å². The number of hydrogen-bond acceptors (Lipinski definition) is 5. The Morgan fingerprint density at radius 2 is 1.89 bits per heavy atom. The van der Waals surface area contributed by atoms with E-state index in [4.69, 9.17) is 0 Å². The van der Waals surface area contributed by atoms with E-state index in [0.717, 1.165) is 24.1 Å². The van der Waals surface area contributed by atoms with Gasteiger partial charge >= 0.3 is 0 Å².